The predicted molar refractivity (Wildman–Crippen MR) is 79.5 cm³/mol. The van der Waals surface area contributed by atoms with Crippen molar-refractivity contribution in [1.82, 2.24) is 5.32 Å². The van der Waals surface area contributed by atoms with Crippen molar-refractivity contribution in [2.45, 2.75) is 45.1 Å². The second kappa shape index (κ2) is 5.81. The van der Waals surface area contributed by atoms with E-state index in [-0.39, 0.29) is 0 Å². The molecule has 1 fully saturated rings. The Morgan fingerprint density at radius 1 is 1.17 bits per heavy atom. The standard InChI is InChI=1S/C15H21Cl2N/c1-15(8-4-3-5-9-15)14(18-2)12-7-6-11(16)10-13(12)17/h6-7,10,14,18H,3-5,8-9H2,1-2H3. The Hall–Kier alpha value is -0.240. The summed E-state index contributed by atoms with van der Waals surface area (Å²) in [5, 5.41) is 4.93. The summed E-state index contributed by atoms with van der Waals surface area (Å²) >= 11 is 12.3. The summed E-state index contributed by atoms with van der Waals surface area (Å²) < 4.78 is 0. The first kappa shape index (κ1) is 14.2. The molecule has 1 saturated carbocycles. The Balaban J connectivity index is 2.32. The lowest BCUT2D eigenvalue weighted by molar-refractivity contribution is 0.150. The second-order valence-corrected chi connectivity index (χ2v) is 6.45. The molecule has 0 bridgehead atoms. The molecular weight excluding hydrogens is 265 g/mol. The first-order valence-electron chi connectivity index (χ1n) is 6.69. The molecule has 1 unspecified atom stereocenters. The van der Waals surface area contributed by atoms with Crippen LogP contribution in [0.4, 0.5) is 0 Å². The molecule has 0 radical (unpaired) electrons. The van der Waals surface area contributed by atoms with Crippen molar-refractivity contribution >= 4 is 23.2 Å². The van der Waals surface area contributed by atoms with Crippen LogP contribution in [0.1, 0.15) is 50.6 Å². The number of benzene rings is 1. The minimum atomic E-state index is 0.296. The molecule has 0 aliphatic heterocycles. The summed E-state index contributed by atoms with van der Waals surface area (Å²) in [6.07, 6.45) is 6.52. The fourth-order valence-electron chi connectivity index (χ4n) is 3.26. The zero-order valence-electron chi connectivity index (χ0n) is 11.1. The molecule has 18 heavy (non-hydrogen) atoms. The van der Waals surface area contributed by atoms with E-state index < -0.39 is 0 Å². The van der Waals surface area contributed by atoms with E-state index in [4.69, 9.17) is 23.2 Å². The van der Waals surface area contributed by atoms with E-state index in [1.807, 2.05) is 19.2 Å². The Morgan fingerprint density at radius 3 is 2.39 bits per heavy atom. The van der Waals surface area contributed by atoms with E-state index in [2.05, 4.69) is 18.3 Å². The van der Waals surface area contributed by atoms with Gasteiger partial charge < -0.3 is 5.32 Å². The van der Waals surface area contributed by atoms with E-state index in [9.17, 15) is 0 Å². The fourth-order valence-corrected chi connectivity index (χ4v) is 3.78. The average Bonchev–Trinajstić information content (AvgIpc) is 2.33. The number of halogens is 2. The lowest BCUT2D eigenvalue weighted by Gasteiger charge is -2.41. The largest absolute Gasteiger partial charge is 0.312 e. The van der Waals surface area contributed by atoms with Crippen LogP contribution < -0.4 is 5.32 Å². The molecule has 0 spiro atoms. The molecule has 1 aliphatic rings. The van der Waals surface area contributed by atoms with Crippen LogP contribution in [0.3, 0.4) is 0 Å². The smallest absolute Gasteiger partial charge is 0.0468 e. The lowest BCUT2D eigenvalue weighted by Crippen LogP contribution is -2.36. The molecule has 100 valence electrons. The topological polar surface area (TPSA) is 12.0 Å². The minimum absolute atomic E-state index is 0.296. The highest BCUT2D eigenvalue weighted by Gasteiger charge is 2.36. The van der Waals surface area contributed by atoms with Crippen molar-refractivity contribution in [3.05, 3.63) is 33.8 Å². The van der Waals surface area contributed by atoms with Gasteiger partial charge in [-0.25, -0.2) is 0 Å². The molecule has 1 N–H and O–H groups in total. The zero-order chi connectivity index (χ0) is 13.2. The second-order valence-electron chi connectivity index (χ2n) is 5.60. The molecule has 1 aliphatic carbocycles. The molecule has 1 atom stereocenters. The third kappa shape index (κ3) is 2.84. The molecule has 0 saturated heterocycles. The minimum Gasteiger partial charge on any atom is -0.312 e. The van der Waals surface area contributed by atoms with E-state index in [1.54, 1.807) is 0 Å². The Morgan fingerprint density at radius 2 is 1.83 bits per heavy atom. The summed E-state index contributed by atoms with van der Waals surface area (Å²) in [5.74, 6) is 0. The zero-order valence-corrected chi connectivity index (χ0v) is 12.6. The third-order valence-corrected chi connectivity index (χ3v) is 4.82. The maximum Gasteiger partial charge on any atom is 0.0468 e. The van der Waals surface area contributed by atoms with E-state index in [0.717, 1.165) is 5.02 Å². The van der Waals surface area contributed by atoms with E-state index in [0.29, 0.717) is 16.5 Å². The normalized spacial score (nSPS) is 20.7. The number of rotatable bonds is 3. The molecule has 1 aromatic rings. The first-order chi connectivity index (χ1) is 8.57. The van der Waals surface area contributed by atoms with Crippen molar-refractivity contribution in [3.63, 3.8) is 0 Å². The Kier molecular flexibility index (Phi) is 4.58. The van der Waals surface area contributed by atoms with Crippen LogP contribution in [0.15, 0.2) is 18.2 Å². The Bertz CT molecular complexity index is 411. The van der Waals surface area contributed by atoms with Gasteiger partial charge in [-0.05, 0) is 43.0 Å². The van der Waals surface area contributed by atoms with Crippen molar-refractivity contribution in [3.8, 4) is 0 Å². The highest BCUT2D eigenvalue weighted by molar-refractivity contribution is 6.35. The van der Waals surface area contributed by atoms with Crippen molar-refractivity contribution in [1.29, 1.82) is 0 Å². The SMILES string of the molecule is CNC(c1ccc(Cl)cc1Cl)C1(C)CCCCC1. The third-order valence-electron chi connectivity index (χ3n) is 4.25. The van der Waals surface area contributed by atoms with Gasteiger partial charge in [-0.3, -0.25) is 0 Å². The van der Waals surface area contributed by atoms with Crippen LogP contribution in [0.5, 0.6) is 0 Å². The summed E-state index contributed by atoms with van der Waals surface area (Å²) in [5.41, 5.74) is 1.47. The van der Waals surface area contributed by atoms with Gasteiger partial charge in [-0.1, -0.05) is 55.5 Å². The van der Waals surface area contributed by atoms with Crippen LogP contribution in [0, 0.1) is 5.41 Å². The van der Waals surface area contributed by atoms with Gasteiger partial charge in [0.1, 0.15) is 0 Å². The van der Waals surface area contributed by atoms with Gasteiger partial charge in [0.25, 0.3) is 0 Å². The summed E-state index contributed by atoms with van der Waals surface area (Å²) in [6.45, 7) is 2.37. The van der Waals surface area contributed by atoms with Crippen molar-refractivity contribution in [2.75, 3.05) is 7.05 Å². The molecular formula is C15H21Cl2N. The molecule has 1 aromatic carbocycles. The van der Waals surface area contributed by atoms with Gasteiger partial charge in [-0.15, -0.1) is 0 Å². The average molecular weight is 286 g/mol. The van der Waals surface area contributed by atoms with Crippen LogP contribution >= 0.6 is 23.2 Å². The molecule has 2 rings (SSSR count). The Labute approximate surface area is 120 Å². The maximum absolute atomic E-state index is 6.36. The molecule has 0 amide bonds. The van der Waals surface area contributed by atoms with Gasteiger partial charge in [0, 0.05) is 16.1 Å². The lowest BCUT2D eigenvalue weighted by atomic mass is 9.68. The van der Waals surface area contributed by atoms with Gasteiger partial charge in [0.05, 0.1) is 0 Å². The van der Waals surface area contributed by atoms with Crippen LogP contribution in [-0.4, -0.2) is 7.05 Å². The molecule has 0 heterocycles. The van der Waals surface area contributed by atoms with Crippen LogP contribution in [0.2, 0.25) is 10.0 Å². The first-order valence-corrected chi connectivity index (χ1v) is 7.45. The van der Waals surface area contributed by atoms with Crippen molar-refractivity contribution < 1.29 is 0 Å². The maximum atomic E-state index is 6.36. The van der Waals surface area contributed by atoms with Gasteiger partial charge in [0.15, 0.2) is 0 Å². The highest BCUT2D eigenvalue weighted by atomic mass is 35.5. The predicted octanol–water partition coefficient (Wildman–Crippen LogP) is 5.22. The fraction of sp³-hybridized carbons (Fsp3) is 0.600. The quantitative estimate of drug-likeness (QED) is 0.802. The van der Waals surface area contributed by atoms with E-state index >= 15 is 0 Å². The number of hydrogen-bond acceptors (Lipinski definition) is 1. The number of nitrogens with one attached hydrogen (secondary N) is 1. The van der Waals surface area contributed by atoms with Crippen molar-refractivity contribution in [2.24, 2.45) is 5.41 Å². The highest BCUT2D eigenvalue weighted by Crippen LogP contribution is 2.47. The van der Waals surface area contributed by atoms with Gasteiger partial charge >= 0.3 is 0 Å². The van der Waals surface area contributed by atoms with Gasteiger partial charge in [0.2, 0.25) is 0 Å². The van der Waals surface area contributed by atoms with E-state index in [1.165, 1.54) is 37.7 Å². The van der Waals surface area contributed by atoms with Crippen LogP contribution in [-0.2, 0) is 0 Å². The molecule has 0 aromatic heterocycles. The number of hydrogen-bond donors (Lipinski definition) is 1. The molecule has 3 heteroatoms. The van der Waals surface area contributed by atoms with Gasteiger partial charge in [-0.2, -0.15) is 0 Å². The summed E-state index contributed by atoms with van der Waals surface area (Å²) in [4.78, 5) is 0. The summed E-state index contributed by atoms with van der Waals surface area (Å²) in [6, 6.07) is 6.14. The monoisotopic (exact) mass is 285 g/mol. The molecule has 1 nitrogen and oxygen atoms in total. The summed E-state index contributed by atoms with van der Waals surface area (Å²) in [7, 11) is 2.02. The van der Waals surface area contributed by atoms with Crippen LogP contribution in [0.25, 0.3) is 0 Å².